The van der Waals surface area contributed by atoms with Crippen LogP contribution in [-0.2, 0) is 0 Å². The highest BCUT2D eigenvalue weighted by atomic mass is 16.6. The van der Waals surface area contributed by atoms with Crippen LogP contribution in [0.25, 0.3) is 6.08 Å². The molecule has 0 aliphatic heterocycles. The first kappa shape index (κ1) is 11.0. The van der Waals surface area contributed by atoms with E-state index in [0.717, 1.165) is 12.4 Å². The summed E-state index contributed by atoms with van der Waals surface area (Å²) in [6.45, 7) is 0. The Morgan fingerprint density at radius 3 is 2.73 bits per heavy atom. The van der Waals surface area contributed by atoms with Gasteiger partial charge in [0.2, 0.25) is 0 Å². The van der Waals surface area contributed by atoms with Gasteiger partial charge >= 0.3 is 0 Å². The van der Waals surface area contributed by atoms with Crippen LogP contribution in [0.15, 0.2) is 24.7 Å². The maximum atomic E-state index is 11.0. The van der Waals surface area contributed by atoms with Crippen molar-refractivity contribution >= 4 is 11.8 Å². The van der Waals surface area contributed by atoms with Crippen LogP contribution in [0.1, 0.15) is 5.56 Å². The Bertz CT molecular complexity index is 402. The van der Waals surface area contributed by atoms with Crippen LogP contribution in [0.3, 0.4) is 0 Å². The summed E-state index contributed by atoms with van der Waals surface area (Å²) in [6.07, 6.45) is 5.43. The summed E-state index contributed by atoms with van der Waals surface area (Å²) in [5, 5.41) is 21.6. The molecule has 80 valence electrons. The zero-order chi connectivity index (χ0) is 11.4. The molecule has 0 saturated carbocycles. The minimum absolute atomic E-state index is 0.0831. The van der Waals surface area contributed by atoms with E-state index in [9.17, 15) is 15.3 Å². The van der Waals surface area contributed by atoms with E-state index in [0.29, 0.717) is 4.73 Å². The third-order valence-electron chi connectivity index (χ3n) is 1.69. The Morgan fingerprint density at radius 2 is 2.20 bits per heavy atom. The van der Waals surface area contributed by atoms with E-state index in [1.807, 2.05) is 0 Å². The molecule has 6 heteroatoms. The lowest BCUT2D eigenvalue weighted by atomic mass is 10.2. The summed E-state index contributed by atoms with van der Waals surface area (Å²) in [4.78, 5) is 11.8. The van der Waals surface area contributed by atoms with E-state index in [2.05, 4.69) is 0 Å². The van der Waals surface area contributed by atoms with Crippen LogP contribution in [-0.4, -0.2) is 23.9 Å². The average Bonchev–Trinajstić information content (AvgIpc) is 2.14. The Hall–Kier alpha value is -2.11. The zero-order valence-corrected chi connectivity index (χ0v) is 8.45. The molecule has 0 spiro atoms. The predicted molar refractivity (Wildman–Crippen MR) is 54.8 cm³/mol. The van der Waals surface area contributed by atoms with Gasteiger partial charge in [-0.2, -0.15) is 4.73 Å². The second kappa shape index (κ2) is 4.41. The number of rotatable bonds is 3. The van der Waals surface area contributed by atoms with Gasteiger partial charge in [0.05, 0.1) is 11.0 Å². The molecule has 6 nitrogen and oxygen atoms in total. The number of nitrogens with zero attached hydrogens (tertiary/aromatic N) is 3. The van der Waals surface area contributed by atoms with E-state index in [4.69, 9.17) is 0 Å². The molecule has 0 aliphatic carbocycles. The van der Waals surface area contributed by atoms with Crippen molar-refractivity contribution in [2.75, 3.05) is 14.1 Å². The van der Waals surface area contributed by atoms with E-state index in [1.54, 1.807) is 25.2 Å². The summed E-state index contributed by atoms with van der Waals surface area (Å²) in [7, 11) is 3.58. The average molecular weight is 209 g/mol. The maximum absolute atomic E-state index is 11.0. The molecule has 0 aromatic carbocycles. The van der Waals surface area contributed by atoms with E-state index >= 15 is 0 Å². The molecule has 15 heavy (non-hydrogen) atoms. The molecule has 0 N–H and O–H groups in total. The topological polar surface area (TPSA) is 73.3 Å². The second-order valence-electron chi connectivity index (χ2n) is 3.18. The molecule has 1 aromatic heterocycles. The van der Waals surface area contributed by atoms with Gasteiger partial charge in [-0.15, -0.1) is 0 Å². The van der Waals surface area contributed by atoms with Gasteiger partial charge in [0.25, 0.3) is 5.69 Å². The van der Waals surface area contributed by atoms with Gasteiger partial charge in [-0.05, 0) is 12.3 Å². The molecule has 0 bridgehead atoms. The van der Waals surface area contributed by atoms with Crippen molar-refractivity contribution in [2.45, 2.75) is 0 Å². The molecule has 1 rings (SSSR count). The molecular weight excluding hydrogens is 198 g/mol. The number of hydrogen-bond donors (Lipinski definition) is 0. The normalized spacial score (nSPS) is 10.5. The fourth-order valence-electron chi connectivity index (χ4n) is 1.01. The monoisotopic (exact) mass is 209 g/mol. The Morgan fingerprint density at radius 1 is 1.53 bits per heavy atom. The van der Waals surface area contributed by atoms with E-state index in [1.165, 1.54) is 12.1 Å². The summed E-state index contributed by atoms with van der Waals surface area (Å²) >= 11 is 0. The predicted octanol–water partition coefficient (Wildman–Crippen LogP) is 0.761. The van der Waals surface area contributed by atoms with Crippen LogP contribution in [0.4, 0.5) is 5.69 Å². The highest BCUT2D eigenvalue weighted by molar-refractivity contribution is 5.58. The molecule has 1 heterocycles. The summed E-state index contributed by atoms with van der Waals surface area (Å²) in [6, 6.07) is 1.18. The zero-order valence-electron chi connectivity index (χ0n) is 8.45. The summed E-state index contributed by atoms with van der Waals surface area (Å²) in [5.74, 6) is 0. The van der Waals surface area contributed by atoms with Crippen molar-refractivity contribution in [2.24, 2.45) is 0 Å². The lowest BCUT2D eigenvalue weighted by molar-refractivity contribution is -0.606. The van der Waals surface area contributed by atoms with Crippen LogP contribution in [0.2, 0.25) is 0 Å². The first-order valence-corrected chi connectivity index (χ1v) is 4.22. The van der Waals surface area contributed by atoms with Crippen LogP contribution >= 0.6 is 0 Å². The molecular formula is C9H11N3O3. The van der Waals surface area contributed by atoms with Crippen molar-refractivity contribution < 1.29 is 9.65 Å². The lowest BCUT2D eigenvalue weighted by Gasteiger charge is -2.03. The minimum atomic E-state index is -0.519. The molecule has 0 amide bonds. The molecule has 0 unspecified atom stereocenters. The van der Waals surface area contributed by atoms with E-state index < -0.39 is 4.92 Å². The Kier molecular flexibility index (Phi) is 3.22. The Balaban J connectivity index is 3.13. The van der Waals surface area contributed by atoms with Gasteiger partial charge < -0.3 is 10.1 Å². The SMILES string of the molecule is CN(C)/C=C/c1c[n+]([O-])ccc1[N+](=O)[O-]. The quantitative estimate of drug-likeness (QED) is 0.319. The van der Waals surface area contributed by atoms with Gasteiger partial charge in [0, 0.05) is 14.1 Å². The molecule has 0 atom stereocenters. The third-order valence-corrected chi connectivity index (χ3v) is 1.69. The Labute approximate surface area is 86.8 Å². The molecule has 0 saturated heterocycles. The molecule has 0 fully saturated rings. The van der Waals surface area contributed by atoms with Crippen LogP contribution < -0.4 is 4.73 Å². The fraction of sp³-hybridized carbons (Fsp3) is 0.222. The van der Waals surface area contributed by atoms with Crippen molar-refractivity contribution in [3.8, 4) is 0 Å². The number of aromatic nitrogens is 1. The highest BCUT2D eigenvalue weighted by Crippen LogP contribution is 2.16. The molecule has 0 radical (unpaired) electrons. The van der Waals surface area contributed by atoms with E-state index in [-0.39, 0.29) is 11.3 Å². The molecule has 0 aliphatic rings. The van der Waals surface area contributed by atoms with Gasteiger partial charge in [0.1, 0.15) is 5.56 Å². The van der Waals surface area contributed by atoms with Crippen molar-refractivity contribution in [3.05, 3.63) is 45.5 Å². The second-order valence-corrected chi connectivity index (χ2v) is 3.18. The first-order valence-electron chi connectivity index (χ1n) is 4.22. The standard InChI is InChI=1S/C9H11N3O3/c1-10(2)5-3-8-7-11(13)6-4-9(8)12(14)15/h3-7H,1-2H3/b5-3+. The fourth-order valence-corrected chi connectivity index (χ4v) is 1.01. The number of pyridine rings is 1. The van der Waals surface area contributed by atoms with Crippen molar-refractivity contribution in [1.82, 2.24) is 4.90 Å². The van der Waals surface area contributed by atoms with Gasteiger partial charge in [-0.1, -0.05) is 0 Å². The summed E-state index contributed by atoms with van der Waals surface area (Å²) < 4.78 is 0.530. The van der Waals surface area contributed by atoms with Crippen molar-refractivity contribution in [3.63, 3.8) is 0 Å². The van der Waals surface area contributed by atoms with Crippen LogP contribution in [0, 0.1) is 15.3 Å². The number of hydrogen-bond acceptors (Lipinski definition) is 4. The van der Waals surface area contributed by atoms with Crippen LogP contribution in [0.5, 0.6) is 0 Å². The molecule has 1 aromatic rings. The number of nitro groups is 1. The van der Waals surface area contributed by atoms with Gasteiger partial charge in [-0.25, -0.2) is 0 Å². The summed E-state index contributed by atoms with van der Waals surface area (Å²) in [5.41, 5.74) is 0.200. The minimum Gasteiger partial charge on any atom is -0.619 e. The lowest BCUT2D eigenvalue weighted by Crippen LogP contribution is -2.25. The third kappa shape index (κ3) is 2.94. The van der Waals surface area contributed by atoms with Crippen molar-refractivity contribution in [1.29, 1.82) is 0 Å². The first-order chi connectivity index (χ1) is 7.00. The smallest absolute Gasteiger partial charge is 0.288 e. The van der Waals surface area contributed by atoms with Gasteiger partial charge in [-0.3, -0.25) is 10.1 Å². The maximum Gasteiger partial charge on any atom is 0.288 e. The van der Waals surface area contributed by atoms with Gasteiger partial charge in [0.15, 0.2) is 12.4 Å². The largest absolute Gasteiger partial charge is 0.619 e. The highest BCUT2D eigenvalue weighted by Gasteiger charge is 2.14.